The fraction of sp³-hybridized carbons (Fsp3) is 0.211. The van der Waals surface area contributed by atoms with E-state index in [1.165, 1.54) is 0 Å². The third kappa shape index (κ3) is 2.51. The van der Waals surface area contributed by atoms with E-state index in [0.717, 1.165) is 27.7 Å². The molecule has 4 rings (SSSR count). The van der Waals surface area contributed by atoms with E-state index in [0.29, 0.717) is 28.0 Å². The summed E-state index contributed by atoms with van der Waals surface area (Å²) in [6.07, 6.45) is 0. The van der Waals surface area contributed by atoms with Crippen molar-refractivity contribution >= 4 is 22.5 Å². The Morgan fingerprint density at radius 1 is 1.04 bits per heavy atom. The van der Waals surface area contributed by atoms with Crippen LogP contribution in [0.25, 0.3) is 22.2 Å². The first-order chi connectivity index (χ1) is 12.1. The number of methoxy groups -OCH3 is 2. The van der Waals surface area contributed by atoms with E-state index in [1.807, 2.05) is 37.3 Å². The van der Waals surface area contributed by atoms with Gasteiger partial charge in [-0.3, -0.25) is 0 Å². The van der Waals surface area contributed by atoms with Crippen molar-refractivity contribution in [2.24, 2.45) is 0 Å². The van der Waals surface area contributed by atoms with Crippen molar-refractivity contribution in [3.05, 3.63) is 40.9 Å². The SMILES string of the molecule is COc1cc(-c2cc(C)c3c(Cl)ccc(OC)c3n2)cc2c1OCO2. The Hall–Kier alpha value is -2.66. The van der Waals surface area contributed by atoms with Gasteiger partial charge < -0.3 is 18.9 Å². The fourth-order valence-corrected chi connectivity index (χ4v) is 3.36. The summed E-state index contributed by atoms with van der Waals surface area (Å²) in [5, 5.41) is 1.54. The number of hydrogen-bond acceptors (Lipinski definition) is 5. The number of aryl methyl sites for hydroxylation is 1. The standard InChI is InChI=1S/C19H16ClNO4/c1-10-6-13(21-18-14(22-2)5-4-12(20)17(10)18)11-7-15(23-3)19-16(8-11)24-9-25-19/h4-8H,9H2,1-3H3. The van der Waals surface area contributed by atoms with Crippen LogP contribution in [0, 0.1) is 6.92 Å². The van der Waals surface area contributed by atoms with E-state index in [2.05, 4.69) is 0 Å². The summed E-state index contributed by atoms with van der Waals surface area (Å²) in [4.78, 5) is 4.78. The largest absolute Gasteiger partial charge is 0.494 e. The van der Waals surface area contributed by atoms with Gasteiger partial charge in [0.25, 0.3) is 0 Å². The molecule has 0 aliphatic carbocycles. The lowest BCUT2D eigenvalue weighted by Gasteiger charge is -2.12. The Balaban J connectivity index is 1.96. The molecule has 1 aliphatic rings. The van der Waals surface area contributed by atoms with Crippen LogP contribution in [0.4, 0.5) is 0 Å². The lowest BCUT2D eigenvalue weighted by atomic mass is 10.0. The molecule has 0 N–H and O–H groups in total. The number of benzene rings is 2. The van der Waals surface area contributed by atoms with Gasteiger partial charge in [0.15, 0.2) is 11.5 Å². The van der Waals surface area contributed by atoms with Crippen LogP contribution in [0.2, 0.25) is 5.02 Å². The van der Waals surface area contributed by atoms with Crippen LogP contribution in [-0.4, -0.2) is 26.0 Å². The Morgan fingerprint density at radius 3 is 2.60 bits per heavy atom. The molecule has 25 heavy (non-hydrogen) atoms. The van der Waals surface area contributed by atoms with Crippen molar-refractivity contribution in [1.82, 2.24) is 4.98 Å². The average Bonchev–Trinajstić information content (AvgIpc) is 3.09. The lowest BCUT2D eigenvalue weighted by Crippen LogP contribution is -1.94. The van der Waals surface area contributed by atoms with Gasteiger partial charge in [0.1, 0.15) is 11.3 Å². The molecule has 1 aliphatic heterocycles. The van der Waals surface area contributed by atoms with Crippen molar-refractivity contribution in [1.29, 1.82) is 0 Å². The first kappa shape index (κ1) is 15.8. The summed E-state index contributed by atoms with van der Waals surface area (Å²) in [6, 6.07) is 9.42. The van der Waals surface area contributed by atoms with Gasteiger partial charge >= 0.3 is 0 Å². The zero-order valence-electron chi connectivity index (χ0n) is 14.1. The molecule has 0 atom stereocenters. The van der Waals surface area contributed by atoms with Crippen molar-refractivity contribution in [2.75, 3.05) is 21.0 Å². The van der Waals surface area contributed by atoms with E-state index >= 15 is 0 Å². The van der Waals surface area contributed by atoms with Crippen molar-refractivity contribution in [3.63, 3.8) is 0 Å². The van der Waals surface area contributed by atoms with Gasteiger partial charge in [-0.1, -0.05) is 11.6 Å². The lowest BCUT2D eigenvalue weighted by molar-refractivity contribution is 0.171. The number of hydrogen-bond donors (Lipinski definition) is 0. The molecular weight excluding hydrogens is 342 g/mol. The van der Waals surface area contributed by atoms with Crippen LogP contribution in [-0.2, 0) is 0 Å². The Kier molecular flexibility index (Phi) is 3.81. The Labute approximate surface area is 150 Å². The maximum absolute atomic E-state index is 6.36. The predicted octanol–water partition coefficient (Wildman–Crippen LogP) is 4.61. The van der Waals surface area contributed by atoms with Gasteiger partial charge in [-0.2, -0.15) is 0 Å². The number of nitrogens with zero attached hydrogens (tertiary/aromatic N) is 1. The molecule has 1 aromatic heterocycles. The molecule has 0 radical (unpaired) electrons. The normalized spacial score (nSPS) is 12.5. The third-order valence-electron chi connectivity index (χ3n) is 4.24. The highest BCUT2D eigenvalue weighted by molar-refractivity contribution is 6.36. The van der Waals surface area contributed by atoms with E-state index in [4.69, 9.17) is 35.5 Å². The van der Waals surface area contributed by atoms with Gasteiger partial charge in [0.2, 0.25) is 12.5 Å². The predicted molar refractivity (Wildman–Crippen MR) is 96.2 cm³/mol. The van der Waals surface area contributed by atoms with Gasteiger partial charge in [-0.05, 0) is 42.8 Å². The minimum atomic E-state index is 0.183. The number of ether oxygens (including phenoxy) is 4. The number of halogens is 1. The molecule has 0 saturated heterocycles. The molecule has 0 fully saturated rings. The molecule has 5 nitrogen and oxygen atoms in total. The molecule has 0 unspecified atom stereocenters. The quantitative estimate of drug-likeness (QED) is 0.685. The summed E-state index contributed by atoms with van der Waals surface area (Å²) in [5.41, 5.74) is 3.39. The van der Waals surface area contributed by atoms with Crippen LogP contribution in [0.3, 0.4) is 0 Å². The van der Waals surface area contributed by atoms with Crippen LogP contribution in [0.5, 0.6) is 23.0 Å². The zero-order valence-corrected chi connectivity index (χ0v) is 14.8. The average molecular weight is 358 g/mol. The van der Waals surface area contributed by atoms with Gasteiger partial charge in [0, 0.05) is 10.9 Å². The molecule has 128 valence electrons. The molecule has 3 aromatic rings. The van der Waals surface area contributed by atoms with Gasteiger partial charge in [-0.25, -0.2) is 4.98 Å². The Morgan fingerprint density at radius 2 is 1.84 bits per heavy atom. The topological polar surface area (TPSA) is 49.8 Å². The van der Waals surface area contributed by atoms with Crippen molar-refractivity contribution < 1.29 is 18.9 Å². The minimum Gasteiger partial charge on any atom is -0.494 e. The first-order valence-electron chi connectivity index (χ1n) is 7.74. The molecule has 2 aromatic carbocycles. The monoisotopic (exact) mass is 357 g/mol. The summed E-state index contributed by atoms with van der Waals surface area (Å²) in [6.45, 7) is 2.19. The van der Waals surface area contributed by atoms with Crippen LogP contribution in [0.1, 0.15) is 5.56 Å². The van der Waals surface area contributed by atoms with E-state index in [9.17, 15) is 0 Å². The van der Waals surface area contributed by atoms with E-state index < -0.39 is 0 Å². The number of fused-ring (bicyclic) bond motifs is 2. The second kappa shape index (κ2) is 6.01. The maximum Gasteiger partial charge on any atom is 0.231 e. The molecule has 6 heteroatoms. The van der Waals surface area contributed by atoms with Crippen molar-refractivity contribution in [2.45, 2.75) is 6.92 Å². The molecule has 0 saturated carbocycles. The molecule has 0 amide bonds. The second-order valence-electron chi connectivity index (χ2n) is 5.71. The molecular formula is C19H16ClNO4. The van der Waals surface area contributed by atoms with Crippen LogP contribution >= 0.6 is 11.6 Å². The minimum absolute atomic E-state index is 0.183. The summed E-state index contributed by atoms with van der Waals surface area (Å²) in [7, 11) is 3.22. The molecule has 0 spiro atoms. The number of rotatable bonds is 3. The third-order valence-corrected chi connectivity index (χ3v) is 4.56. The van der Waals surface area contributed by atoms with Gasteiger partial charge in [-0.15, -0.1) is 0 Å². The maximum atomic E-state index is 6.36. The molecule has 2 heterocycles. The zero-order chi connectivity index (χ0) is 17.6. The highest BCUT2D eigenvalue weighted by Crippen LogP contribution is 2.44. The first-order valence-corrected chi connectivity index (χ1v) is 8.12. The Bertz CT molecular complexity index is 987. The highest BCUT2D eigenvalue weighted by atomic mass is 35.5. The number of aromatic nitrogens is 1. The highest BCUT2D eigenvalue weighted by Gasteiger charge is 2.21. The van der Waals surface area contributed by atoms with Crippen LogP contribution in [0.15, 0.2) is 30.3 Å². The second-order valence-corrected chi connectivity index (χ2v) is 6.12. The molecule has 0 bridgehead atoms. The van der Waals surface area contributed by atoms with Crippen molar-refractivity contribution in [3.8, 4) is 34.3 Å². The fourth-order valence-electron chi connectivity index (χ4n) is 3.05. The summed E-state index contributed by atoms with van der Waals surface area (Å²) < 4.78 is 21.8. The van der Waals surface area contributed by atoms with E-state index in [1.54, 1.807) is 14.2 Å². The van der Waals surface area contributed by atoms with E-state index in [-0.39, 0.29) is 6.79 Å². The summed E-state index contributed by atoms with van der Waals surface area (Å²) in [5.74, 6) is 2.55. The number of pyridine rings is 1. The van der Waals surface area contributed by atoms with Crippen LogP contribution < -0.4 is 18.9 Å². The smallest absolute Gasteiger partial charge is 0.231 e. The summed E-state index contributed by atoms with van der Waals surface area (Å²) >= 11 is 6.36. The van der Waals surface area contributed by atoms with Gasteiger partial charge in [0.05, 0.1) is 24.9 Å².